The van der Waals surface area contributed by atoms with Crippen molar-refractivity contribution in [2.75, 3.05) is 4.90 Å². The van der Waals surface area contributed by atoms with Gasteiger partial charge in [0.2, 0.25) is 0 Å². The number of nitrogens with zero attached hydrogens (tertiary/aromatic N) is 1. The van der Waals surface area contributed by atoms with Gasteiger partial charge >= 0.3 is 0 Å². The van der Waals surface area contributed by atoms with Crippen molar-refractivity contribution in [1.29, 1.82) is 0 Å². The van der Waals surface area contributed by atoms with Gasteiger partial charge < -0.3 is 4.90 Å². The summed E-state index contributed by atoms with van der Waals surface area (Å²) in [5.41, 5.74) is 4.98. The molecule has 1 nitrogen and oxygen atoms in total. The summed E-state index contributed by atoms with van der Waals surface area (Å²) in [4.78, 5) is 3.80. The van der Waals surface area contributed by atoms with Gasteiger partial charge in [-0.25, -0.2) is 0 Å². The minimum atomic E-state index is 0.444. The summed E-state index contributed by atoms with van der Waals surface area (Å²) in [5, 5.41) is 5.53. The molecule has 1 aliphatic heterocycles. The van der Waals surface area contributed by atoms with Crippen molar-refractivity contribution < 1.29 is 0 Å². The van der Waals surface area contributed by atoms with E-state index >= 15 is 0 Å². The molecule has 34 heavy (non-hydrogen) atoms. The summed E-state index contributed by atoms with van der Waals surface area (Å²) in [6.45, 7) is 0. The van der Waals surface area contributed by atoms with Gasteiger partial charge in [0, 0.05) is 33.1 Å². The van der Waals surface area contributed by atoms with Crippen LogP contribution in [0.5, 0.6) is 0 Å². The van der Waals surface area contributed by atoms with E-state index in [1.165, 1.54) is 49.1 Å². The normalized spacial score (nSPS) is 18.2. The number of allylic oxidation sites excluding steroid dienone is 3. The maximum absolute atomic E-state index is 2.40. The van der Waals surface area contributed by atoms with Crippen LogP contribution in [-0.4, -0.2) is 5.25 Å². The zero-order chi connectivity index (χ0) is 22.5. The summed E-state index contributed by atoms with van der Waals surface area (Å²) in [6, 6.07) is 37.7. The quantitative estimate of drug-likeness (QED) is 0.268. The molecule has 0 amide bonds. The molecular weight excluding hydrogens is 430 g/mol. The fraction of sp³-hybridized carbons (Fsp3) is 0.0625. The lowest BCUT2D eigenvalue weighted by Crippen LogP contribution is -2.11. The summed E-state index contributed by atoms with van der Waals surface area (Å²) >= 11 is 1.98. The minimum absolute atomic E-state index is 0.444. The SMILES string of the molecule is C1=CC2Sc3ccc(N(c4ccc5ccccc5c4)c4ccc5ccccc5c4)cc3C2C=C1. The summed E-state index contributed by atoms with van der Waals surface area (Å²) in [6.07, 6.45) is 9.05. The van der Waals surface area contributed by atoms with Crippen LogP contribution in [0.3, 0.4) is 0 Å². The fourth-order valence-corrected chi connectivity index (χ4v) is 6.57. The zero-order valence-electron chi connectivity index (χ0n) is 18.6. The van der Waals surface area contributed by atoms with Crippen molar-refractivity contribution in [2.24, 2.45) is 0 Å². The van der Waals surface area contributed by atoms with Gasteiger partial charge in [0.25, 0.3) is 0 Å². The summed E-state index contributed by atoms with van der Waals surface area (Å²) in [7, 11) is 0. The van der Waals surface area contributed by atoms with Gasteiger partial charge in [-0.1, -0.05) is 85.0 Å². The maximum atomic E-state index is 2.40. The van der Waals surface area contributed by atoms with Crippen LogP contribution in [-0.2, 0) is 0 Å². The van der Waals surface area contributed by atoms with Gasteiger partial charge in [0.05, 0.1) is 0 Å². The Balaban J connectivity index is 1.42. The first-order valence-corrected chi connectivity index (χ1v) is 12.6. The van der Waals surface area contributed by atoms with Crippen molar-refractivity contribution in [2.45, 2.75) is 16.1 Å². The van der Waals surface area contributed by atoms with Crippen LogP contribution in [0.1, 0.15) is 11.5 Å². The first-order chi connectivity index (χ1) is 16.8. The Hall–Kier alpha value is -3.75. The third-order valence-corrected chi connectivity index (χ3v) is 8.29. The molecule has 2 unspecified atom stereocenters. The number of hydrogen-bond donors (Lipinski definition) is 0. The van der Waals surface area contributed by atoms with Crippen LogP contribution in [0.2, 0.25) is 0 Å². The lowest BCUT2D eigenvalue weighted by molar-refractivity contribution is 0.880. The van der Waals surface area contributed by atoms with Crippen LogP contribution >= 0.6 is 11.8 Å². The molecule has 0 fully saturated rings. The first kappa shape index (κ1) is 19.7. The molecule has 5 aromatic rings. The average molecular weight is 454 g/mol. The van der Waals surface area contributed by atoms with E-state index in [4.69, 9.17) is 0 Å². The predicted molar refractivity (Wildman–Crippen MR) is 147 cm³/mol. The molecule has 0 saturated heterocycles. The van der Waals surface area contributed by atoms with Crippen LogP contribution in [0.4, 0.5) is 17.1 Å². The van der Waals surface area contributed by atoms with E-state index in [0.717, 1.165) is 0 Å². The molecule has 0 aromatic heterocycles. The molecule has 2 aliphatic rings. The minimum Gasteiger partial charge on any atom is -0.310 e. The standard InChI is InChI=1S/C32H23NS/c1-3-9-24-19-26(15-13-22(24)7-1)33(27-16-14-23-8-2-4-10-25(23)20-27)28-17-18-32-30(21-28)29-11-5-6-12-31(29)34-32/h1-21,29,31H. The highest BCUT2D eigenvalue weighted by Crippen LogP contribution is 2.50. The Bertz CT molecular complexity index is 1530. The molecule has 0 saturated carbocycles. The largest absolute Gasteiger partial charge is 0.310 e. The number of benzene rings is 5. The fourth-order valence-electron chi connectivity index (χ4n) is 5.25. The average Bonchev–Trinajstić information content (AvgIpc) is 3.27. The lowest BCUT2D eigenvalue weighted by atomic mass is 9.92. The van der Waals surface area contributed by atoms with Crippen LogP contribution in [0.25, 0.3) is 21.5 Å². The molecule has 162 valence electrons. The van der Waals surface area contributed by atoms with Crippen molar-refractivity contribution in [3.63, 3.8) is 0 Å². The smallest absolute Gasteiger partial charge is 0.0468 e. The molecule has 2 atom stereocenters. The van der Waals surface area contributed by atoms with Crippen molar-refractivity contribution in [1.82, 2.24) is 0 Å². The van der Waals surface area contributed by atoms with Gasteiger partial charge in [-0.2, -0.15) is 0 Å². The first-order valence-electron chi connectivity index (χ1n) is 11.8. The van der Waals surface area contributed by atoms with Crippen LogP contribution < -0.4 is 4.90 Å². The van der Waals surface area contributed by atoms with Gasteiger partial charge in [-0.15, -0.1) is 11.8 Å². The molecule has 7 rings (SSSR count). The van der Waals surface area contributed by atoms with E-state index < -0.39 is 0 Å². The number of anilines is 3. The number of fused-ring (bicyclic) bond motifs is 5. The molecular formula is C32H23NS. The highest BCUT2D eigenvalue weighted by atomic mass is 32.2. The Morgan fingerprint density at radius 3 is 1.76 bits per heavy atom. The second kappa shape index (κ2) is 7.93. The summed E-state index contributed by atoms with van der Waals surface area (Å²) < 4.78 is 0. The lowest BCUT2D eigenvalue weighted by Gasteiger charge is -2.27. The van der Waals surface area contributed by atoms with Crippen LogP contribution in [0.15, 0.2) is 132 Å². The molecule has 5 aromatic carbocycles. The van der Waals surface area contributed by atoms with E-state index in [9.17, 15) is 0 Å². The Morgan fingerprint density at radius 2 is 1.09 bits per heavy atom. The van der Waals surface area contributed by atoms with Crippen molar-refractivity contribution >= 4 is 50.4 Å². The van der Waals surface area contributed by atoms with Gasteiger partial charge in [0.15, 0.2) is 0 Å². The molecule has 0 radical (unpaired) electrons. The number of hydrogen-bond acceptors (Lipinski definition) is 2. The number of thioether (sulfide) groups is 1. The zero-order valence-corrected chi connectivity index (χ0v) is 19.5. The van der Waals surface area contributed by atoms with E-state index in [-0.39, 0.29) is 0 Å². The van der Waals surface area contributed by atoms with Crippen molar-refractivity contribution in [3.8, 4) is 0 Å². The Labute approximate surface area is 204 Å². The highest BCUT2D eigenvalue weighted by Gasteiger charge is 2.31. The monoisotopic (exact) mass is 453 g/mol. The summed E-state index contributed by atoms with van der Waals surface area (Å²) in [5.74, 6) is 0.444. The molecule has 2 heteroatoms. The third kappa shape index (κ3) is 3.26. The maximum Gasteiger partial charge on any atom is 0.0468 e. The van der Waals surface area contributed by atoms with E-state index in [1.807, 2.05) is 11.8 Å². The Morgan fingerprint density at radius 1 is 0.529 bits per heavy atom. The second-order valence-electron chi connectivity index (χ2n) is 9.00. The molecule has 0 spiro atoms. The van der Waals surface area contributed by atoms with E-state index in [2.05, 4.69) is 132 Å². The topological polar surface area (TPSA) is 3.24 Å². The second-order valence-corrected chi connectivity index (χ2v) is 10.2. The van der Waals surface area contributed by atoms with Gasteiger partial charge in [-0.05, 0) is 69.6 Å². The third-order valence-electron chi connectivity index (χ3n) is 6.94. The molecule has 0 bridgehead atoms. The molecule has 1 aliphatic carbocycles. The van der Waals surface area contributed by atoms with Crippen LogP contribution in [0, 0.1) is 0 Å². The van der Waals surface area contributed by atoms with Gasteiger partial charge in [0.1, 0.15) is 0 Å². The van der Waals surface area contributed by atoms with Gasteiger partial charge in [-0.3, -0.25) is 0 Å². The number of rotatable bonds is 3. The Kier molecular flexibility index (Phi) is 4.59. The molecule has 0 N–H and O–H groups in total. The van der Waals surface area contributed by atoms with Crippen molar-refractivity contribution in [3.05, 3.63) is 133 Å². The van der Waals surface area contributed by atoms with E-state index in [1.54, 1.807) is 0 Å². The predicted octanol–water partition coefficient (Wildman–Crippen LogP) is 9.15. The molecule has 1 heterocycles. The highest BCUT2D eigenvalue weighted by molar-refractivity contribution is 8.00. The van der Waals surface area contributed by atoms with E-state index in [0.29, 0.717) is 11.2 Å².